The molecule has 0 N–H and O–H groups in total. The van der Waals surface area contributed by atoms with Crippen molar-refractivity contribution in [3.63, 3.8) is 0 Å². The Balaban J connectivity index is 2.23. The Labute approximate surface area is 168 Å². The summed E-state index contributed by atoms with van der Waals surface area (Å²) in [6.07, 6.45) is 6.77. The van der Waals surface area contributed by atoms with Gasteiger partial charge in [0.25, 0.3) is 0 Å². The molecule has 28 heavy (non-hydrogen) atoms. The second kappa shape index (κ2) is 11.5. The summed E-state index contributed by atoms with van der Waals surface area (Å²) < 4.78 is 11.3. The van der Waals surface area contributed by atoms with E-state index < -0.39 is 0 Å². The Morgan fingerprint density at radius 1 is 0.857 bits per heavy atom. The fraction of sp³-hybridized carbons (Fsp3) is 0.500. The Morgan fingerprint density at radius 3 is 2.04 bits per heavy atom. The third kappa shape index (κ3) is 6.36. The van der Waals surface area contributed by atoms with E-state index in [1.54, 1.807) is 12.1 Å². The predicted molar refractivity (Wildman–Crippen MR) is 113 cm³/mol. The second-order valence-corrected chi connectivity index (χ2v) is 7.25. The highest BCUT2D eigenvalue weighted by molar-refractivity contribution is 5.88. The normalized spacial score (nSPS) is 12.0. The minimum Gasteiger partial charge on any atom is -0.422 e. The van der Waals surface area contributed by atoms with E-state index in [9.17, 15) is 9.59 Å². The van der Waals surface area contributed by atoms with Crippen LogP contribution in [0.3, 0.4) is 0 Å². The molecule has 0 aliphatic heterocycles. The zero-order valence-electron chi connectivity index (χ0n) is 17.3. The van der Waals surface area contributed by atoms with Crippen LogP contribution in [-0.2, 0) is 9.59 Å². The van der Waals surface area contributed by atoms with Crippen LogP contribution < -0.4 is 9.47 Å². The van der Waals surface area contributed by atoms with Gasteiger partial charge < -0.3 is 9.47 Å². The number of carbonyl (C=O) groups excluding carboxylic acids is 2. The molecule has 4 heteroatoms. The van der Waals surface area contributed by atoms with E-state index >= 15 is 0 Å². The number of unbranched alkanes of at least 4 members (excludes halogenated alkanes) is 3. The van der Waals surface area contributed by atoms with Gasteiger partial charge in [0.1, 0.15) is 0 Å². The maximum absolute atomic E-state index is 12.7. The summed E-state index contributed by atoms with van der Waals surface area (Å²) in [6.45, 7) is 6.20. The van der Waals surface area contributed by atoms with Crippen molar-refractivity contribution in [2.75, 3.05) is 0 Å². The predicted octanol–water partition coefficient (Wildman–Crippen LogP) is 6.45. The van der Waals surface area contributed by atoms with Gasteiger partial charge in [-0.3, -0.25) is 9.59 Å². The molecule has 2 rings (SSSR count). The van der Waals surface area contributed by atoms with Gasteiger partial charge >= 0.3 is 11.9 Å². The Hall–Kier alpha value is -2.36. The van der Waals surface area contributed by atoms with Crippen LogP contribution in [0.4, 0.5) is 0 Å². The van der Waals surface area contributed by atoms with Crippen molar-refractivity contribution in [3.05, 3.63) is 36.4 Å². The Bertz CT molecular complexity index is 781. The van der Waals surface area contributed by atoms with Gasteiger partial charge in [0.05, 0.1) is 5.92 Å². The van der Waals surface area contributed by atoms with Gasteiger partial charge in [-0.25, -0.2) is 0 Å². The van der Waals surface area contributed by atoms with Gasteiger partial charge in [-0.15, -0.1) is 0 Å². The third-order valence-corrected chi connectivity index (χ3v) is 4.96. The summed E-state index contributed by atoms with van der Waals surface area (Å²) in [5.74, 6) is -0.0468. The van der Waals surface area contributed by atoms with Gasteiger partial charge in [-0.05, 0) is 42.2 Å². The van der Waals surface area contributed by atoms with E-state index in [0.717, 1.165) is 55.7 Å². The van der Waals surface area contributed by atoms with Gasteiger partial charge in [0.15, 0.2) is 11.5 Å². The van der Waals surface area contributed by atoms with E-state index in [0.29, 0.717) is 17.9 Å². The van der Waals surface area contributed by atoms with E-state index in [2.05, 4.69) is 13.8 Å². The minimum absolute atomic E-state index is 0.139. The van der Waals surface area contributed by atoms with Crippen LogP contribution in [0.15, 0.2) is 36.4 Å². The first-order valence-corrected chi connectivity index (χ1v) is 10.5. The number of hydrogen-bond donors (Lipinski definition) is 0. The fourth-order valence-electron chi connectivity index (χ4n) is 3.18. The number of ether oxygens (including phenoxy) is 2. The third-order valence-electron chi connectivity index (χ3n) is 4.96. The highest BCUT2D eigenvalue weighted by atomic mass is 16.6. The highest BCUT2D eigenvalue weighted by Crippen LogP contribution is 2.34. The average molecular weight is 385 g/mol. The van der Waals surface area contributed by atoms with Crippen molar-refractivity contribution in [3.8, 4) is 11.5 Å². The molecule has 0 heterocycles. The van der Waals surface area contributed by atoms with Gasteiger partial charge in [0, 0.05) is 6.42 Å². The molecule has 0 aliphatic rings. The monoisotopic (exact) mass is 384 g/mol. The van der Waals surface area contributed by atoms with E-state index in [-0.39, 0.29) is 17.9 Å². The van der Waals surface area contributed by atoms with Crippen LogP contribution in [0.25, 0.3) is 10.8 Å². The standard InChI is InChI=1S/C24H32O4/c1-4-7-9-15-23(25)27-21-16-19-13-10-11-14-20(19)17-22(21)28-24(26)18(6-3)12-8-5-2/h10-11,13-14,16-18H,4-9,12,15H2,1-3H3. The fourth-order valence-corrected chi connectivity index (χ4v) is 3.18. The van der Waals surface area contributed by atoms with Crippen LogP contribution in [0.5, 0.6) is 11.5 Å². The molecule has 2 aromatic carbocycles. The highest BCUT2D eigenvalue weighted by Gasteiger charge is 2.21. The quantitative estimate of drug-likeness (QED) is 0.254. The lowest BCUT2D eigenvalue weighted by molar-refractivity contribution is -0.140. The first-order chi connectivity index (χ1) is 13.6. The molecule has 2 aromatic rings. The van der Waals surface area contributed by atoms with Gasteiger partial charge in [0.2, 0.25) is 0 Å². The van der Waals surface area contributed by atoms with E-state index in [1.807, 2.05) is 31.2 Å². The van der Waals surface area contributed by atoms with E-state index in [1.165, 1.54) is 0 Å². The molecule has 0 saturated carbocycles. The summed E-state index contributed by atoms with van der Waals surface area (Å²) in [5, 5.41) is 1.88. The lowest BCUT2D eigenvalue weighted by Gasteiger charge is -2.16. The molecule has 152 valence electrons. The van der Waals surface area contributed by atoms with Crippen molar-refractivity contribution in [2.24, 2.45) is 5.92 Å². The number of esters is 2. The number of fused-ring (bicyclic) bond motifs is 1. The zero-order chi connectivity index (χ0) is 20.4. The second-order valence-electron chi connectivity index (χ2n) is 7.25. The average Bonchev–Trinajstić information content (AvgIpc) is 2.69. The largest absolute Gasteiger partial charge is 0.422 e. The molecule has 0 radical (unpaired) electrons. The molecule has 0 fully saturated rings. The molecule has 0 amide bonds. The minimum atomic E-state index is -0.293. The van der Waals surface area contributed by atoms with Gasteiger partial charge in [-0.1, -0.05) is 70.7 Å². The summed E-state index contributed by atoms with van der Waals surface area (Å²) >= 11 is 0. The van der Waals surface area contributed by atoms with Crippen molar-refractivity contribution < 1.29 is 19.1 Å². The molecule has 1 atom stereocenters. The summed E-state index contributed by atoms with van der Waals surface area (Å²) in [7, 11) is 0. The van der Waals surface area contributed by atoms with Crippen LogP contribution in [-0.4, -0.2) is 11.9 Å². The van der Waals surface area contributed by atoms with Crippen molar-refractivity contribution in [1.82, 2.24) is 0 Å². The topological polar surface area (TPSA) is 52.6 Å². The van der Waals surface area contributed by atoms with Crippen LogP contribution in [0.1, 0.15) is 72.1 Å². The molecule has 0 spiro atoms. The molecule has 0 bridgehead atoms. The summed E-state index contributed by atoms with van der Waals surface area (Å²) in [5.41, 5.74) is 0. The molecule has 0 saturated heterocycles. The molecular formula is C24H32O4. The Kier molecular flexibility index (Phi) is 8.99. The number of benzene rings is 2. The molecule has 0 aromatic heterocycles. The number of hydrogen-bond acceptors (Lipinski definition) is 4. The number of rotatable bonds is 11. The van der Waals surface area contributed by atoms with Crippen molar-refractivity contribution in [1.29, 1.82) is 0 Å². The van der Waals surface area contributed by atoms with Crippen LogP contribution in [0, 0.1) is 5.92 Å². The molecule has 0 aliphatic carbocycles. The van der Waals surface area contributed by atoms with Gasteiger partial charge in [-0.2, -0.15) is 0 Å². The molecule has 4 nitrogen and oxygen atoms in total. The number of carbonyl (C=O) groups is 2. The lowest BCUT2D eigenvalue weighted by Crippen LogP contribution is -2.20. The lowest BCUT2D eigenvalue weighted by atomic mass is 10.00. The Morgan fingerprint density at radius 2 is 1.46 bits per heavy atom. The summed E-state index contributed by atoms with van der Waals surface area (Å²) in [4.78, 5) is 24.9. The van der Waals surface area contributed by atoms with Crippen molar-refractivity contribution >= 4 is 22.7 Å². The van der Waals surface area contributed by atoms with E-state index in [4.69, 9.17) is 9.47 Å². The molecule has 1 unspecified atom stereocenters. The zero-order valence-corrected chi connectivity index (χ0v) is 17.3. The SMILES string of the molecule is CCCCCC(=O)Oc1cc2ccccc2cc1OC(=O)C(CC)CCCC. The first-order valence-electron chi connectivity index (χ1n) is 10.5. The van der Waals surface area contributed by atoms with Crippen LogP contribution in [0.2, 0.25) is 0 Å². The smallest absolute Gasteiger partial charge is 0.314 e. The van der Waals surface area contributed by atoms with Crippen molar-refractivity contribution in [2.45, 2.75) is 72.1 Å². The van der Waals surface area contributed by atoms with Crippen LogP contribution >= 0.6 is 0 Å². The first kappa shape index (κ1) is 21.9. The maximum Gasteiger partial charge on any atom is 0.314 e. The summed E-state index contributed by atoms with van der Waals surface area (Å²) in [6, 6.07) is 11.3. The maximum atomic E-state index is 12.7. The molecular weight excluding hydrogens is 352 g/mol.